The van der Waals surface area contributed by atoms with Crippen LogP contribution >= 0.6 is 27.3 Å². The number of amides is 1. The summed E-state index contributed by atoms with van der Waals surface area (Å²) in [5, 5.41) is 4.73. The van der Waals surface area contributed by atoms with Gasteiger partial charge in [0.15, 0.2) is 0 Å². The number of thiophene rings is 1. The van der Waals surface area contributed by atoms with Crippen LogP contribution in [0.15, 0.2) is 75.4 Å². The molecule has 3 rings (SSSR count). The van der Waals surface area contributed by atoms with Crippen molar-refractivity contribution in [2.75, 3.05) is 11.9 Å². The summed E-state index contributed by atoms with van der Waals surface area (Å²) < 4.78 is 28.2. The summed E-state index contributed by atoms with van der Waals surface area (Å²) in [6, 6.07) is 17.0. The van der Waals surface area contributed by atoms with E-state index in [-0.39, 0.29) is 10.8 Å². The van der Waals surface area contributed by atoms with Crippen molar-refractivity contribution in [2.24, 2.45) is 0 Å². The molecule has 0 aliphatic heterocycles. The van der Waals surface area contributed by atoms with Gasteiger partial charge in [0.1, 0.15) is 0 Å². The third kappa shape index (κ3) is 5.49. The summed E-state index contributed by atoms with van der Waals surface area (Å²) in [6.45, 7) is 0.327. The van der Waals surface area contributed by atoms with Crippen LogP contribution < -0.4 is 10.0 Å². The van der Waals surface area contributed by atoms with Gasteiger partial charge in [-0.25, -0.2) is 13.1 Å². The lowest BCUT2D eigenvalue weighted by atomic mass is 10.2. The van der Waals surface area contributed by atoms with Gasteiger partial charge in [-0.1, -0.05) is 28.1 Å². The number of sulfonamides is 1. The minimum Gasteiger partial charge on any atom is -0.322 e. The van der Waals surface area contributed by atoms with Crippen molar-refractivity contribution in [3.05, 3.63) is 81.0 Å². The van der Waals surface area contributed by atoms with Crippen molar-refractivity contribution in [3.63, 3.8) is 0 Å². The van der Waals surface area contributed by atoms with Crippen LogP contribution in [0.2, 0.25) is 0 Å². The highest BCUT2D eigenvalue weighted by atomic mass is 79.9. The Morgan fingerprint density at radius 3 is 2.48 bits per heavy atom. The summed E-state index contributed by atoms with van der Waals surface area (Å²) in [7, 11) is -3.60. The normalized spacial score (nSPS) is 11.3. The third-order valence-electron chi connectivity index (χ3n) is 3.75. The first-order valence-electron chi connectivity index (χ1n) is 8.13. The summed E-state index contributed by atoms with van der Waals surface area (Å²) in [5.41, 5.74) is 1.04. The predicted octanol–water partition coefficient (Wildman–Crippen LogP) is 4.28. The van der Waals surface area contributed by atoms with Crippen LogP contribution in [-0.4, -0.2) is 20.9 Å². The van der Waals surface area contributed by atoms with Crippen LogP contribution in [0.3, 0.4) is 0 Å². The Labute approximate surface area is 170 Å². The van der Waals surface area contributed by atoms with Gasteiger partial charge in [0.2, 0.25) is 10.0 Å². The average molecular weight is 465 g/mol. The number of hydrogen-bond acceptors (Lipinski definition) is 4. The van der Waals surface area contributed by atoms with Crippen LogP contribution in [0.1, 0.15) is 15.2 Å². The molecule has 0 unspecified atom stereocenters. The number of carbonyl (C=O) groups is 1. The van der Waals surface area contributed by atoms with E-state index in [1.54, 1.807) is 23.5 Å². The van der Waals surface area contributed by atoms with Gasteiger partial charge in [0, 0.05) is 27.1 Å². The van der Waals surface area contributed by atoms with Gasteiger partial charge in [-0.2, -0.15) is 0 Å². The summed E-state index contributed by atoms with van der Waals surface area (Å²) >= 11 is 4.94. The van der Waals surface area contributed by atoms with E-state index < -0.39 is 10.0 Å². The van der Waals surface area contributed by atoms with Crippen molar-refractivity contribution in [1.82, 2.24) is 4.72 Å². The van der Waals surface area contributed by atoms with E-state index in [0.29, 0.717) is 24.2 Å². The molecule has 1 amide bonds. The molecule has 0 atom stereocenters. The predicted molar refractivity (Wildman–Crippen MR) is 112 cm³/mol. The van der Waals surface area contributed by atoms with Crippen molar-refractivity contribution >= 4 is 48.9 Å². The molecule has 1 heterocycles. The highest BCUT2D eigenvalue weighted by Crippen LogP contribution is 2.17. The minimum absolute atomic E-state index is 0.132. The Bertz CT molecular complexity index is 1020. The summed E-state index contributed by atoms with van der Waals surface area (Å²) in [6.07, 6.45) is 0.643. The summed E-state index contributed by atoms with van der Waals surface area (Å²) in [5.74, 6) is -0.303. The zero-order chi connectivity index (χ0) is 19.3. The second-order valence-electron chi connectivity index (χ2n) is 5.72. The van der Waals surface area contributed by atoms with Crippen LogP contribution in [0, 0.1) is 0 Å². The fraction of sp³-hybridized carbons (Fsp3) is 0.105. The maximum absolute atomic E-state index is 12.4. The molecule has 0 bridgehead atoms. The Morgan fingerprint density at radius 2 is 1.81 bits per heavy atom. The monoisotopic (exact) mass is 464 g/mol. The topological polar surface area (TPSA) is 75.3 Å². The molecule has 3 aromatic rings. The van der Waals surface area contributed by atoms with Crippen molar-refractivity contribution in [2.45, 2.75) is 11.3 Å². The maximum Gasteiger partial charge on any atom is 0.255 e. The molecule has 2 N–H and O–H groups in total. The van der Waals surface area contributed by atoms with E-state index in [4.69, 9.17) is 0 Å². The van der Waals surface area contributed by atoms with E-state index in [2.05, 4.69) is 26.0 Å². The van der Waals surface area contributed by atoms with Gasteiger partial charge in [-0.3, -0.25) is 4.79 Å². The Kier molecular flexibility index (Phi) is 6.43. The quantitative estimate of drug-likeness (QED) is 0.547. The molecule has 8 heteroatoms. The molecule has 0 fully saturated rings. The molecule has 0 aliphatic carbocycles. The maximum atomic E-state index is 12.4. The van der Waals surface area contributed by atoms with Gasteiger partial charge >= 0.3 is 0 Å². The van der Waals surface area contributed by atoms with E-state index in [0.717, 1.165) is 9.35 Å². The number of nitrogens with one attached hydrogen (secondary N) is 2. The van der Waals surface area contributed by atoms with E-state index in [9.17, 15) is 13.2 Å². The lowest BCUT2D eigenvalue weighted by molar-refractivity contribution is 0.102. The molecule has 2 aromatic carbocycles. The fourth-order valence-corrected chi connectivity index (χ4v) is 4.54. The van der Waals surface area contributed by atoms with E-state index >= 15 is 0 Å². The largest absolute Gasteiger partial charge is 0.322 e. The molecule has 0 aliphatic rings. The van der Waals surface area contributed by atoms with Gasteiger partial charge < -0.3 is 5.32 Å². The first-order valence-corrected chi connectivity index (χ1v) is 11.3. The van der Waals surface area contributed by atoms with E-state index in [1.165, 1.54) is 24.3 Å². The fourth-order valence-electron chi connectivity index (χ4n) is 2.40. The highest BCUT2D eigenvalue weighted by molar-refractivity contribution is 9.10. The lowest BCUT2D eigenvalue weighted by Crippen LogP contribution is -2.26. The van der Waals surface area contributed by atoms with E-state index in [1.807, 2.05) is 29.6 Å². The van der Waals surface area contributed by atoms with Crippen LogP contribution in [0.4, 0.5) is 5.69 Å². The van der Waals surface area contributed by atoms with Crippen LogP contribution in [0.5, 0.6) is 0 Å². The molecule has 5 nitrogen and oxygen atoms in total. The van der Waals surface area contributed by atoms with Crippen molar-refractivity contribution in [1.29, 1.82) is 0 Å². The number of anilines is 1. The first kappa shape index (κ1) is 19.8. The Balaban J connectivity index is 1.62. The Hall–Kier alpha value is -2.00. The first-order chi connectivity index (χ1) is 12.9. The molecule has 27 heavy (non-hydrogen) atoms. The molecule has 0 saturated heterocycles. The second-order valence-corrected chi connectivity index (χ2v) is 9.43. The van der Waals surface area contributed by atoms with Crippen LogP contribution in [-0.2, 0) is 16.4 Å². The second kappa shape index (κ2) is 8.79. The molecular formula is C19H17BrN2O3S2. The molecule has 0 saturated carbocycles. The molecule has 0 radical (unpaired) electrons. The smallest absolute Gasteiger partial charge is 0.255 e. The van der Waals surface area contributed by atoms with Gasteiger partial charge in [0.25, 0.3) is 5.91 Å². The highest BCUT2D eigenvalue weighted by Gasteiger charge is 2.15. The standard InChI is InChI=1S/C19H17BrN2O3S2/c20-15-3-1-4-16(13-15)22-19(23)14-6-8-18(9-7-14)27(24,25)21-11-10-17-5-2-12-26-17/h1-9,12-13,21H,10-11H2,(H,22,23). The third-order valence-corrected chi connectivity index (χ3v) is 6.66. The number of carbonyl (C=O) groups excluding carboxylic acids is 1. The van der Waals surface area contributed by atoms with Crippen molar-refractivity contribution < 1.29 is 13.2 Å². The number of rotatable bonds is 7. The number of hydrogen-bond donors (Lipinski definition) is 2. The van der Waals surface area contributed by atoms with Gasteiger partial charge in [-0.05, 0) is 60.3 Å². The SMILES string of the molecule is O=C(Nc1cccc(Br)c1)c1ccc(S(=O)(=O)NCCc2cccs2)cc1. The van der Waals surface area contributed by atoms with Crippen LogP contribution in [0.25, 0.3) is 0 Å². The lowest BCUT2D eigenvalue weighted by Gasteiger charge is -2.08. The minimum atomic E-state index is -3.60. The van der Waals surface area contributed by atoms with Gasteiger partial charge in [-0.15, -0.1) is 11.3 Å². The summed E-state index contributed by atoms with van der Waals surface area (Å²) in [4.78, 5) is 13.6. The number of benzene rings is 2. The Morgan fingerprint density at radius 1 is 1.04 bits per heavy atom. The zero-order valence-corrected chi connectivity index (χ0v) is 17.4. The molecular weight excluding hydrogens is 448 g/mol. The zero-order valence-electron chi connectivity index (χ0n) is 14.2. The van der Waals surface area contributed by atoms with Crippen molar-refractivity contribution in [3.8, 4) is 0 Å². The molecule has 1 aromatic heterocycles. The van der Waals surface area contributed by atoms with Gasteiger partial charge in [0.05, 0.1) is 4.90 Å². The molecule has 140 valence electrons. The average Bonchev–Trinajstić information content (AvgIpc) is 3.15. The number of halogens is 1. The molecule has 0 spiro atoms.